The Bertz CT molecular complexity index is 1020. The number of benzene rings is 1. The first-order valence-corrected chi connectivity index (χ1v) is 7.97. The van der Waals surface area contributed by atoms with Crippen LogP contribution in [-0.2, 0) is 4.84 Å². The molecule has 0 radical (unpaired) electrons. The van der Waals surface area contributed by atoms with E-state index in [1.807, 2.05) is 13.8 Å². The second-order valence-corrected chi connectivity index (χ2v) is 5.86. The number of nitrogens with zero attached hydrogens (tertiary/aromatic N) is 3. The van der Waals surface area contributed by atoms with Crippen molar-refractivity contribution in [1.29, 1.82) is 0 Å². The van der Waals surface area contributed by atoms with Crippen molar-refractivity contribution in [1.82, 2.24) is 25.0 Å². The third-order valence-electron chi connectivity index (χ3n) is 3.81. The number of ether oxygens (including phenoxy) is 1. The van der Waals surface area contributed by atoms with Gasteiger partial charge < -0.3 is 9.72 Å². The summed E-state index contributed by atoms with van der Waals surface area (Å²) >= 11 is 0. The van der Waals surface area contributed by atoms with E-state index in [1.165, 1.54) is 18.8 Å². The molecule has 9 nitrogen and oxygen atoms in total. The Labute approximate surface area is 148 Å². The molecule has 0 aliphatic rings. The molecule has 0 unspecified atom stereocenters. The Morgan fingerprint density at radius 3 is 2.62 bits per heavy atom. The molecule has 0 saturated heterocycles. The molecule has 0 bridgehead atoms. The van der Waals surface area contributed by atoms with Crippen LogP contribution in [0.1, 0.15) is 36.1 Å². The third-order valence-corrected chi connectivity index (χ3v) is 3.81. The number of rotatable bonds is 5. The highest BCUT2D eigenvalue weighted by molar-refractivity contribution is 6.02. The van der Waals surface area contributed by atoms with Gasteiger partial charge in [0.15, 0.2) is 11.3 Å². The van der Waals surface area contributed by atoms with Crippen molar-refractivity contribution >= 4 is 17.1 Å². The highest BCUT2D eigenvalue weighted by Crippen LogP contribution is 2.25. The van der Waals surface area contributed by atoms with Crippen LogP contribution in [0.2, 0.25) is 0 Å². The van der Waals surface area contributed by atoms with E-state index in [4.69, 9.17) is 4.74 Å². The van der Waals surface area contributed by atoms with E-state index in [2.05, 4.69) is 25.3 Å². The number of hydroxylamine groups is 1. The second kappa shape index (κ2) is 6.96. The number of imidazole rings is 1. The maximum Gasteiger partial charge on any atom is 0.332 e. The first-order valence-electron chi connectivity index (χ1n) is 7.97. The van der Waals surface area contributed by atoms with Crippen molar-refractivity contribution in [2.75, 3.05) is 14.2 Å². The Morgan fingerprint density at radius 2 is 1.96 bits per heavy atom. The van der Waals surface area contributed by atoms with Gasteiger partial charge in [-0.25, -0.2) is 24.8 Å². The zero-order valence-corrected chi connectivity index (χ0v) is 14.9. The van der Waals surface area contributed by atoms with Crippen molar-refractivity contribution in [3.63, 3.8) is 0 Å². The summed E-state index contributed by atoms with van der Waals surface area (Å²) in [4.78, 5) is 41.1. The number of methoxy groups -OCH3 is 1. The number of fused-ring (bicyclic) bond motifs is 1. The zero-order chi connectivity index (χ0) is 18.8. The molecular weight excluding hydrogens is 338 g/mol. The smallest absolute Gasteiger partial charge is 0.332 e. The van der Waals surface area contributed by atoms with E-state index < -0.39 is 11.6 Å². The van der Waals surface area contributed by atoms with Gasteiger partial charge in [-0.3, -0.25) is 9.63 Å². The molecule has 2 aromatic heterocycles. The minimum Gasteiger partial charge on any atom is -0.495 e. The minimum absolute atomic E-state index is 0.0336. The number of carbonyl (C=O) groups is 1. The van der Waals surface area contributed by atoms with Gasteiger partial charge >= 0.3 is 5.69 Å². The molecule has 9 heteroatoms. The molecular formula is C17H19N5O4. The third kappa shape index (κ3) is 2.93. The van der Waals surface area contributed by atoms with Crippen LogP contribution in [0.5, 0.6) is 5.75 Å². The Hall–Kier alpha value is -3.20. The van der Waals surface area contributed by atoms with Crippen molar-refractivity contribution in [2.45, 2.75) is 19.8 Å². The molecule has 136 valence electrons. The number of H-pyrrole nitrogens is 1. The molecule has 0 fully saturated rings. The van der Waals surface area contributed by atoms with E-state index >= 15 is 0 Å². The molecule has 0 saturated carbocycles. The van der Waals surface area contributed by atoms with Crippen LogP contribution >= 0.6 is 0 Å². The van der Waals surface area contributed by atoms with Gasteiger partial charge in [0.25, 0.3) is 5.91 Å². The Morgan fingerprint density at radius 1 is 1.23 bits per heavy atom. The molecule has 1 aromatic carbocycles. The predicted molar refractivity (Wildman–Crippen MR) is 94.6 cm³/mol. The topological polar surface area (TPSA) is 111 Å². The molecule has 0 atom stereocenters. The monoisotopic (exact) mass is 357 g/mol. The lowest BCUT2D eigenvalue weighted by atomic mass is 10.2. The van der Waals surface area contributed by atoms with Gasteiger partial charge in [-0.05, 0) is 12.1 Å². The first kappa shape index (κ1) is 17.6. The lowest BCUT2D eigenvalue weighted by Gasteiger charge is -2.11. The number of amides is 1. The average Bonchev–Trinajstić information content (AvgIpc) is 2.96. The summed E-state index contributed by atoms with van der Waals surface area (Å²) in [5.41, 5.74) is 2.83. The summed E-state index contributed by atoms with van der Waals surface area (Å²) in [5.74, 6) is 0.310. The van der Waals surface area contributed by atoms with Gasteiger partial charge in [0.2, 0.25) is 0 Å². The van der Waals surface area contributed by atoms with Crippen LogP contribution in [0, 0.1) is 0 Å². The second-order valence-electron chi connectivity index (χ2n) is 5.86. The van der Waals surface area contributed by atoms with Crippen LogP contribution in [0.3, 0.4) is 0 Å². The summed E-state index contributed by atoms with van der Waals surface area (Å²) in [6.45, 7) is 3.80. The number of hydrogen-bond acceptors (Lipinski definition) is 6. The molecule has 26 heavy (non-hydrogen) atoms. The number of carbonyl (C=O) groups excluding carboxylic acids is 1. The van der Waals surface area contributed by atoms with Crippen LogP contribution < -0.4 is 15.9 Å². The van der Waals surface area contributed by atoms with E-state index in [9.17, 15) is 9.59 Å². The lowest BCUT2D eigenvalue weighted by molar-refractivity contribution is 0.0533. The maximum atomic E-state index is 12.6. The lowest BCUT2D eigenvalue weighted by Crippen LogP contribution is -2.24. The molecule has 3 rings (SSSR count). The average molecular weight is 357 g/mol. The van der Waals surface area contributed by atoms with Gasteiger partial charge in [0, 0.05) is 5.92 Å². The van der Waals surface area contributed by atoms with Crippen molar-refractivity contribution < 1.29 is 14.4 Å². The van der Waals surface area contributed by atoms with Crippen molar-refractivity contribution in [3.8, 4) is 11.4 Å². The van der Waals surface area contributed by atoms with Gasteiger partial charge in [-0.1, -0.05) is 26.0 Å². The van der Waals surface area contributed by atoms with Crippen LogP contribution in [0.4, 0.5) is 0 Å². The van der Waals surface area contributed by atoms with Crippen molar-refractivity contribution in [2.24, 2.45) is 0 Å². The van der Waals surface area contributed by atoms with Gasteiger partial charge in [-0.15, -0.1) is 0 Å². The van der Waals surface area contributed by atoms with E-state index in [-0.39, 0.29) is 17.1 Å². The maximum absolute atomic E-state index is 12.6. The van der Waals surface area contributed by atoms with Gasteiger partial charge in [0.1, 0.15) is 17.1 Å². The summed E-state index contributed by atoms with van der Waals surface area (Å²) in [6.07, 6.45) is 0. The van der Waals surface area contributed by atoms with E-state index in [0.717, 1.165) is 0 Å². The van der Waals surface area contributed by atoms with Crippen LogP contribution in [0.15, 0.2) is 29.1 Å². The predicted octanol–water partition coefficient (Wildman–Crippen LogP) is 1.53. The molecule has 2 N–H and O–H groups in total. The molecule has 0 spiro atoms. The van der Waals surface area contributed by atoms with Gasteiger partial charge in [-0.2, -0.15) is 0 Å². The quantitative estimate of drug-likeness (QED) is 0.670. The summed E-state index contributed by atoms with van der Waals surface area (Å²) in [5, 5.41) is 0. The molecule has 0 aliphatic carbocycles. The minimum atomic E-state index is -0.574. The Balaban J connectivity index is 2.37. The largest absolute Gasteiger partial charge is 0.495 e. The molecule has 0 aliphatic heterocycles. The van der Waals surface area contributed by atoms with Crippen LogP contribution in [-0.4, -0.2) is 39.6 Å². The number of nitrogens with one attached hydrogen (secondary N) is 2. The molecule has 3 aromatic rings. The van der Waals surface area contributed by atoms with E-state index in [1.54, 1.807) is 24.3 Å². The summed E-state index contributed by atoms with van der Waals surface area (Å²) < 4.78 is 6.72. The van der Waals surface area contributed by atoms with E-state index in [0.29, 0.717) is 22.9 Å². The zero-order valence-electron chi connectivity index (χ0n) is 14.9. The number of aromatic amines is 1. The summed E-state index contributed by atoms with van der Waals surface area (Å²) in [7, 11) is 2.84. The standard InChI is InChI=1S/C17H19N5O4/c1-9(2)14-18-13(16(23)21-26-4)12-15(20-14)22(17(24)19-12)10-7-5-6-8-11(10)25-3/h5-9H,1-4H3,(H,19,24)(H,21,23). The van der Waals surface area contributed by atoms with Gasteiger partial charge in [0.05, 0.1) is 19.9 Å². The highest BCUT2D eigenvalue weighted by Gasteiger charge is 2.23. The first-order chi connectivity index (χ1) is 12.5. The highest BCUT2D eigenvalue weighted by atomic mass is 16.6. The number of para-hydroxylation sites is 2. The SMILES string of the molecule is CONC(=O)c1nc(C(C)C)nc2c1[nH]c(=O)n2-c1ccccc1OC. The fourth-order valence-electron chi connectivity index (χ4n) is 2.60. The molecule has 2 heterocycles. The number of hydrogen-bond donors (Lipinski definition) is 2. The normalized spacial score (nSPS) is 11.1. The summed E-state index contributed by atoms with van der Waals surface area (Å²) in [6, 6.07) is 7.06. The fourth-order valence-corrected chi connectivity index (χ4v) is 2.60. The molecule has 1 amide bonds. The van der Waals surface area contributed by atoms with Crippen molar-refractivity contribution in [3.05, 3.63) is 46.3 Å². The Kier molecular flexibility index (Phi) is 4.72. The fraction of sp³-hybridized carbons (Fsp3) is 0.294. The number of aromatic nitrogens is 4. The van der Waals surface area contributed by atoms with Crippen LogP contribution in [0.25, 0.3) is 16.9 Å².